The highest BCUT2D eigenvalue weighted by molar-refractivity contribution is 6.72. The second-order valence-corrected chi connectivity index (χ2v) is 11.4. The average molecular weight is 282 g/mol. The van der Waals surface area contributed by atoms with Crippen molar-refractivity contribution in [1.29, 1.82) is 0 Å². The second-order valence-electron chi connectivity index (χ2n) is 6.92. The molecule has 4 heteroatoms. The van der Waals surface area contributed by atoms with E-state index in [2.05, 4.69) is 0 Å². The van der Waals surface area contributed by atoms with Gasteiger partial charge in [-0.2, -0.15) is 0 Å². The van der Waals surface area contributed by atoms with Gasteiger partial charge >= 0.3 is 8.56 Å². The van der Waals surface area contributed by atoms with Gasteiger partial charge in [-0.15, -0.1) is 0 Å². The normalized spacial score (nSPS) is 13.3. The van der Waals surface area contributed by atoms with E-state index in [0.717, 1.165) is 5.75 Å². The molecule has 0 amide bonds. The lowest BCUT2D eigenvalue weighted by molar-refractivity contribution is 0.283. The summed E-state index contributed by atoms with van der Waals surface area (Å²) in [5.74, 6) is 1.48. The highest BCUT2D eigenvalue weighted by atomic mass is 28.4. The van der Waals surface area contributed by atoms with E-state index in [4.69, 9.17) is 9.16 Å². The topological polar surface area (TPSA) is 38.7 Å². The third kappa shape index (κ3) is 3.31. The Morgan fingerprint density at radius 1 is 0.842 bits per heavy atom. The highest BCUT2D eigenvalue weighted by Gasteiger charge is 2.57. The lowest BCUT2D eigenvalue weighted by Crippen LogP contribution is -2.57. The average Bonchev–Trinajstić information content (AvgIpc) is 2.27. The van der Waals surface area contributed by atoms with Crippen LogP contribution in [-0.4, -0.2) is 20.5 Å². The Balaban J connectivity index is 3.08. The van der Waals surface area contributed by atoms with Crippen LogP contribution in [0.2, 0.25) is 10.1 Å². The van der Waals surface area contributed by atoms with Crippen molar-refractivity contribution in [2.75, 3.05) is 7.11 Å². The Bertz CT molecular complexity index is 399. The van der Waals surface area contributed by atoms with E-state index in [1.807, 2.05) is 65.8 Å². The van der Waals surface area contributed by atoms with Crippen LogP contribution in [-0.2, 0) is 0 Å². The molecule has 0 spiro atoms. The van der Waals surface area contributed by atoms with Crippen molar-refractivity contribution in [2.24, 2.45) is 0 Å². The number of ether oxygens (including phenoxy) is 1. The molecular weight excluding hydrogens is 256 g/mol. The molecule has 0 saturated heterocycles. The van der Waals surface area contributed by atoms with E-state index in [-0.39, 0.29) is 10.1 Å². The largest absolute Gasteiger partial charge is 0.520 e. The summed E-state index contributed by atoms with van der Waals surface area (Å²) in [7, 11) is -1.33. The van der Waals surface area contributed by atoms with Gasteiger partial charge < -0.3 is 14.0 Å². The van der Waals surface area contributed by atoms with Crippen LogP contribution in [0.4, 0.5) is 0 Å². The summed E-state index contributed by atoms with van der Waals surface area (Å²) >= 11 is 0. The van der Waals surface area contributed by atoms with Gasteiger partial charge in [-0.1, -0.05) is 41.5 Å². The molecule has 0 heterocycles. The Labute approximate surface area is 117 Å². The molecule has 0 radical (unpaired) electrons. The van der Waals surface area contributed by atoms with Gasteiger partial charge in [0.2, 0.25) is 0 Å². The van der Waals surface area contributed by atoms with Crippen molar-refractivity contribution in [3.63, 3.8) is 0 Å². The maximum atomic E-state index is 11.1. The molecule has 0 aliphatic heterocycles. The van der Waals surface area contributed by atoms with Gasteiger partial charge in [0.1, 0.15) is 11.5 Å². The first-order valence-corrected chi connectivity index (χ1v) is 8.42. The number of methoxy groups -OCH3 is 1. The van der Waals surface area contributed by atoms with Crippen LogP contribution in [0.25, 0.3) is 0 Å². The molecule has 0 aliphatic carbocycles. The van der Waals surface area contributed by atoms with Crippen LogP contribution in [0.15, 0.2) is 24.3 Å². The van der Waals surface area contributed by atoms with E-state index < -0.39 is 8.56 Å². The molecule has 0 aliphatic rings. The van der Waals surface area contributed by atoms with Crippen LogP contribution >= 0.6 is 0 Å². The first kappa shape index (κ1) is 16.1. The van der Waals surface area contributed by atoms with E-state index >= 15 is 0 Å². The van der Waals surface area contributed by atoms with Crippen molar-refractivity contribution in [3.05, 3.63) is 24.3 Å². The zero-order chi connectivity index (χ0) is 14.9. The summed E-state index contributed by atoms with van der Waals surface area (Å²) in [5, 5.41) is -0.545. The molecule has 108 valence electrons. The van der Waals surface area contributed by atoms with Crippen molar-refractivity contribution >= 4 is 8.56 Å². The predicted molar refractivity (Wildman–Crippen MR) is 81.0 cm³/mol. The zero-order valence-corrected chi connectivity index (χ0v) is 14.1. The van der Waals surface area contributed by atoms with Crippen LogP contribution in [0.3, 0.4) is 0 Å². The molecule has 0 atom stereocenters. The zero-order valence-electron chi connectivity index (χ0n) is 13.1. The minimum absolute atomic E-state index is 0.273. The van der Waals surface area contributed by atoms with Crippen molar-refractivity contribution in [3.8, 4) is 11.5 Å². The molecule has 0 aromatic heterocycles. The van der Waals surface area contributed by atoms with Crippen molar-refractivity contribution < 1.29 is 14.0 Å². The van der Waals surface area contributed by atoms with Crippen LogP contribution in [0, 0.1) is 0 Å². The molecular formula is C15H26O3Si. The molecule has 1 aromatic rings. The lowest BCUT2D eigenvalue weighted by Gasteiger charge is -2.45. The highest BCUT2D eigenvalue weighted by Crippen LogP contribution is 2.49. The van der Waals surface area contributed by atoms with E-state index in [0.29, 0.717) is 5.75 Å². The molecule has 1 aromatic carbocycles. The molecule has 0 bridgehead atoms. The quantitative estimate of drug-likeness (QED) is 0.848. The number of hydrogen-bond acceptors (Lipinski definition) is 3. The molecule has 1 rings (SSSR count). The summed E-state index contributed by atoms with van der Waals surface area (Å²) in [6.45, 7) is 12.2. The van der Waals surface area contributed by atoms with Gasteiger partial charge in [0.25, 0.3) is 0 Å². The van der Waals surface area contributed by atoms with Crippen LogP contribution in [0.5, 0.6) is 11.5 Å². The third-order valence-corrected chi connectivity index (χ3v) is 7.96. The van der Waals surface area contributed by atoms with Gasteiger partial charge in [0.05, 0.1) is 7.11 Å². The summed E-state index contributed by atoms with van der Waals surface area (Å²) in [6.07, 6.45) is 0. The third-order valence-electron chi connectivity index (χ3n) is 3.36. The minimum Gasteiger partial charge on any atom is -0.520 e. The van der Waals surface area contributed by atoms with Gasteiger partial charge in [-0.05, 0) is 24.3 Å². The Kier molecular flexibility index (Phi) is 4.37. The van der Waals surface area contributed by atoms with Crippen LogP contribution < -0.4 is 9.16 Å². The fourth-order valence-electron chi connectivity index (χ4n) is 2.25. The SMILES string of the molecule is COc1ccc(O[Si](O)(C(C)(C)C)C(C)(C)C)cc1. The Morgan fingerprint density at radius 3 is 1.53 bits per heavy atom. The standard InChI is InChI=1S/C15H26O3Si/c1-14(2,3)19(16,15(4,5)6)18-13-10-8-12(17-7)9-11-13/h8-11,16H,1-7H3. The molecule has 1 N–H and O–H groups in total. The van der Waals surface area contributed by atoms with Crippen molar-refractivity contribution in [1.82, 2.24) is 0 Å². The maximum absolute atomic E-state index is 11.1. The van der Waals surface area contributed by atoms with E-state index in [1.165, 1.54) is 0 Å². The van der Waals surface area contributed by atoms with Gasteiger partial charge in [-0.3, -0.25) is 0 Å². The number of hydrogen-bond donors (Lipinski definition) is 1. The van der Waals surface area contributed by atoms with Gasteiger partial charge in [0.15, 0.2) is 0 Å². The predicted octanol–water partition coefficient (Wildman–Crippen LogP) is 4.11. The summed E-state index contributed by atoms with van der Waals surface area (Å²) in [6, 6.07) is 7.37. The Morgan fingerprint density at radius 2 is 1.21 bits per heavy atom. The first-order chi connectivity index (χ1) is 8.51. The minimum atomic E-state index is -2.96. The monoisotopic (exact) mass is 282 g/mol. The first-order valence-electron chi connectivity index (χ1n) is 6.57. The van der Waals surface area contributed by atoms with Crippen LogP contribution in [0.1, 0.15) is 41.5 Å². The fourth-order valence-corrected chi connectivity index (χ4v) is 5.59. The molecule has 0 unspecified atom stereocenters. The van der Waals surface area contributed by atoms with Crippen molar-refractivity contribution in [2.45, 2.75) is 51.6 Å². The molecule has 0 fully saturated rings. The van der Waals surface area contributed by atoms with Gasteiger partial charge in [0, 0.05) is 10.1 Å². The fraction of sp³-hybridized carbons (Fsp3) is 0.600. The van der Waals surface area contributed by atoms with E-state index in [9.17, 15) is 4.80 Å². The number of rotatable bonds is 3. The summed E-state index contributed by atoms with van der Waals surface area (Å²) in [5.41, 5.74) is 0. The molecule has 19 heavy (non-hydrogen) atoms. The second kappa shape index (κ2) is 5.17. The summed E-state index contributed by atoms with van der Waals surface area (Å²) in [4.78, 5) is 11.1. The maximum Gasteiger partial charge on any atom is 0.407 e. The smallest absolute Gasteiger partial charge is 0.407 e. The Hall–Kier alpha value is -1.00. The lowest BCUT2D eigenvalue weighted by atomic mass is 10.2. The van der Waals surface area contributed by atoms with Gasteiger partial charge in [-0.25, -0.2) is 0 Å². The summed E-state index contributed by atoms with van der Waals surface area (Å²) < 4.78 is 11.2. The molecule has 3 nitrogen and oxygen atoms in total. The van der Waals surface area contributed by atoms with E-state index in [1.54, 1.807) is 7.11 Å². The molecule has 0 saturated carbocycles. The number of benzene rings is 1.